The first kappa shape index (κ1) is 21.0. The molecule has 1 aromatic heterocycles. The molecule has 0 unspecified atom stereocenters. The van der Waals surface area contributed by atoms with E-state index in [1.54, 1.807) is 0 Å². The van der Waals surface area contributed by atoms with E-state index < -0.39 is 0 Å². The van der Waals surface area contributed by atoms with Crippen molar-refractivity contribution in [1.29, 1.82) is 0 Å². The van der Waals surface area contributed by atoms with Crippen molar-refractivity contribution >= 4 is 23.4 Å². The fourth-order valence-electron chi connectivity index (χ4n) is 6.92. The maximum Gasteiger partial charge on any atom is 0.234 e. The summed E-state index contributed by atoms with van der Waals surface area (Å²) in [5, 5.41) is 13.0. The number of carbonyl (C=O) groups is 1. The van der Waals surface area contributed by atoms with Crippen LogP contribution in [0.2, 0.25) is 0 Å². The van der Waals surface area contributed by atoms with Gasteiger partial charge < -0.3 is 9.88 Å². The first-order valence-electron chi connectivity index (χ1n) is 11.9. The van der Waals surface area contributed by atoms with Crippen molar-refractivity contribution in [3.8, 4) is 0 Å². The summed E-state index contributed by atoms with van der Waals surface area (Å²) in [6.45, 7) is 7.12. The SMILES string of the molecule is CCn1c(CC23CC4CC(CC(C4)C2)C3)nnc1SCC(=O)Nc1cccc(C)c1C. The molecule has 0 atom stereocenters. The van der Waals surface area contributed by atoms with Gasteiger partial charge in [0, 0.05) is 18.7 Å². The van der Waals surface area contributed by atoms with Gasteiger partial charge in [-0.25, -0.2) is 0 Å². The van der Waals surface area contributed by atoms with Crippen LogP contribution in [0.3, 0.4) is 0 Å². The van der Waals surface area contributed by atoms with Gasteiger partial charge in [0.25, 0.3) is 0 Å². The van der Waals surface area contributed by atoms with Gasteiger partial charge in [0.05, 0.1) is 5.75 Å². The summed E-state index contributed by atoms with van der Waals surface area (Å²) in [7, 11) is 0. The minimum atomic E-state index is 0.00647. The van der Waals surface area contributed by atoms with Crippen LogP contribution >= 0.6 is 11.8 Å². The number of benzene rings is 1. The number of amides is 1. The maximum atomic E-state index is 12.6. The first-order chi connectivity index (χ1) is 14.9. The van der Waals surface area contributed by atoms with E-state index in [0.717, 1.165) is 53.0 Å². The van der Waals surface area contributed by atoms with Crippen LogP contribution in [0, 0.1) is 37.0 Å². The van der Waals surface area contributed by atoms with Crippen molar-refractivity contribution in [2.24, 2.45) is 23.2 Å². The number of carbonyl (C=O) groups excluding carboxylic acids is 1. The minimum Gasteiger partial charge on any atom is -0.325 e. The molecule has 4 bridgehead atoms. The molecule has 4 fully saturated rings. The van der Waals surface area contributed by atoms with Gasteiger partial charge in [-0.2, -0.15) is 0 Å². The maximum absolute atomic E-state index is 12.6. The minimum absolute atomic E-state index is 0.00647. The summed E-state index contributed by atoms with van der Waals surface area (Å²) in [5.74, 6) is 4.34. The lowest BCUT2D eigenvalue weighted by atomic mass is 9.49. The van der Waals surface area contributed by atoms with Crippen LogP contribution in [-0.2, 0) is 17.8 Å². The average Bonchev–Trinajstić information content (AvgIpc) is 3.09. The van der Waals surface area contributed by atoms with E-state index >= 15 is 0 Å². The van der Waals surface area contributed by atoms with E-state index in [9.17, 15) is 4.79 Å². The normalized spacial score (nSPS) is 28.8. The number of rotatable bonds is 7. The number of nitrogens with zero attached hydrogens (tertiary/aromatic N) is 3. The Labute approximate surface area is 189 Å². The molecule has 4 aliphatic rings. The fraction of sp³-hybridized carbons (Fsp3) is 0.640. The monoisotopic (exact) mass is 438 g/mol. The van der Waals surface area contributed by atoms with Crippen molar-refractivity contribution in [2.45, 2.75) is 77.4 Å². The Hall–Kier alpha value is -1.82. The molecule has 31 heavy (non-hydrogen) atoms. The predicted molar refractivity (Wildman–Crippen MR) is 125 cm³/mol. The highest BCUT2D eigenvalue weighted by molar-refractivity contribution is 7.99. The number of aromatic nitrogens is 3. The van der Waals surface area contributed by atoms with Gasteiger partial charge in [0.15, 0.2) is 5.16 Å². The van der Waals surface area contributed by atoms with Crippen LogP contribution in [0.5, 0.6) is 0 Å². The number of nitrogens with one attached hydrogen (secondary N) is 1. The molecular formula is C25H34N4OS. The van der Waals surface area contributed by atoms with Crippen LogP contribution in [0.1, 0.15) is 62.4 Å². The number of hydrogen-bond acceptors (Lipinski definition) is 4. The lowest BCUT2D eigenvalue weighted by Gasteiger charge is -2.56. The highest BCUT2D eigenvalue weighted by atomic mass is 32.2. The summed E-state index contributed by atoms with van der Waals surface area (Å²) in [4.78, 5) is 12.6. The molecule has 0 spiro atoms. The summed E-state index contributed by atoms with van der Waals surface area (Å²) in [6.07, 6.45) is 9.62. The van der Waals surface area contributed by atoms with Crippen molar-refractivity contribution < 1.29 is 4.79 Å². The molecule has 2 aromatic rings. The van der Waals surface area contributed by atoms with E-state index in [-0.39, 0.29) is 5.91 Å². The highest BCUT2D eigenvalue weighted by Crippen LogP contribution is 2.61. The zero-order valence-corrected chi connectivity index (χ0v) is 19.8. The van der Waals surface area contributed by atoms with Gasteiger partial charge >= 0.3 is 0 Å². The quantitative estimate of drug-likeness (QED) is 0.588. The third-order valence-electron chi connectivity index (χ3n) is 8.02. The van der Waals surface area contributed by atoms with Crippen LogP contribution in [0.15, 0.2) is 23.4 Å². The van der Waals surface area contributed by atoms with Crippen LogP contribution in [0.4, 0.5) is 5.69 Å². The van der Waals surface area contributed by atoms with Crippen LogP contribution in [0.25, 0.3) is 0 Å². The topological polar surface area (TPSA) is 59.8 Å². The molecule has 4 saturated carbocycles. The Morgan fingerprint density at radius 3 is 2.45 bits per heavy atom. The van der Waals surface area contributed by atoms with E-state index in [4.69, 9.17) is 0 Å². The molecule has 1 N–H and O–H groups in total. The summed E-state index contributed by atoms with van der Waals surface area (Å²) < 4.78 is 2.24. The molecule has 0 aliphatic heterocycles. The zero-order chi connectivity index (χ0) is 21.6. The van der Waals surface area contributed by atoms with Gasteiger partial charge in [-0.1, -0.05) is 23.9 Å². The van der Waals surface area contributed by atoms with Crippen LogP contribution in [-0.4, -0.2) is 26.4 Å². The molecule has 1 heterocycles. The van der Waals surface area contributed by atoms with E-state index in [1.165, 1.54) is 55.9 Å². The molecular weight excluding hydrogens is 404 g/mol. The van der Waals surface area contributed by atoms with E-state index in [1.807, 2.05) is 19.1 Å². The van der Waals surface area contributed by atoms with Crippen LogP contribution < -0.4 is 5.32 Å². The Kier molecular flexibility index (Phi) is 5.61. The predicted octanol–water partition coefficient (Wildman–Crippen LogP) is 5.40. The summed E-state index contributed by atoms with van der Waals surface area (Å²) in [6, 6.07) is 6.01. The number of thioether (sulfide) groups is 1. The Morgan fingerprint density at radius 1 is 1.13 bits per heavy atom. The van der Waals surface area contributed by atoms with E-state index in [2.05, 4.69) is 40.0 Å². The number of aryl methyl sites for hydroxylation is 1. The molecule has 5 nitrogen and oxygen atoms in total. The third-order valence-corrected chi connectivity index (χ3v) is 8.99. The van der Waals surface area contributed by atoms with Crippen molar-refractivity contribution in [3.05, 3.63) is 35.2 Å². The standard InChI is InChI=1S/C25H34N4OS/c1-4-29-22(14-25-11-18-8-19(12-25)10-20(9-18)13-25)27-28-24(29)31-15-23(30)26-21-7-5-6-16(2)17(21)3/h5-7,18-20H,4,8-15H2,1-3H3,(H,26,30). The van der Waals surface area contributed by atoms with Gasteiger partial charge in [-0.15, -0.1) is 10.2 Å². The van der Waals surface area contributed by atoms with Crippen molar-refractivity contribution in [3.63, 3.8) is 0 Å². The molecule has 166 valence electrons. The Balaban J connectivity index is 1.24. The largest absolute Gasteiger partial charge is 0.325 e. The smallest absolute Gasteiger partial charge is 0.234 e. The summed E-state index contributed by atoms with van der Waals surface area (Å²) in [5.41, 5.74) is 3.66. The molecule has 0 saturated heterocycles. The fourth-order valence-corrected chi connectivity index (χ4v) is 7.74. The zero-order valence-electron chi connectivity index (χ0n) is 19.0. The van der Waals surface area contributed by atoms with Gasteiger partial charge in [0.2, 0.25) is 5.91 Å². The molecule has 6 rings (SSSR count). The van der Waals surface area contributed by atoms with Gasteiger partial charge in [-0.05, 0) is 99.7 Å². The van der Waals surface area contributed by atoms with Gasteiger partial charge in [0.1, 0.15) is 5.82 Å². The molecule has 1 aromatic carbocycles. The second-order valence-electron chi connectivity index (χ2n) is 10.3. The highest BCUT2D eigenvalue weighted by Gasteiger charge is 2.51. The Bertz CT molecular complexity index is 947. The van der Waals surface area contributed by atoms with Gasteiger partial charge in [-0.3, -0.25) is 4.79 Å². The number of hydrogen-bond donors (Lipinski definition) is 1. The summed E-state index contributed by atoms with van der Waals surface area (Å²) >= 11 is 1.50. The molecule has 4 aliphatic carbocycles. The average molecular weight is 439 g/mol. The Morgan fingerprint density at radius 2 is 1.81 bits per heavy atom. The molecule has 0 radical (unpaired) electrons. The second kappa shape index (κ2) is 8.27. The lowest BCUT2D eigenvalue weighted by molar-refractivity contribution is -0.113. The lowest BCUT2D eigenvalue weighted by Crippen LogP contribution is -2.47. The third kappa shape index (κ3) is 4.15. The second-order valence-corrected chi connectivity index (χ2v) is 11.3. The van der Waals surface area contributed by atoms with E-state index in [0.29, 0.717) is 11.2 Å². The first-order valence-corrected chi connectivity index (χ1v) is 12.8. The van der Waals surface area contributed by atoms with Crippen molar-refractivity contribution in [1.82, 2.24) is 14.8 Å². The number of anilines is 1. The molecule has 6 heteroatoms. The molecule has 1 amide bonds. The van der Waals surface area contributed by atoms with Crippen molar-refractivity contribution in [2.75, 3.05) is 11.1 Å².